The quantitative estimate of drug-likeness (QED) is 0.829. The van der Waals surface area contributed by atoms with Gasteiger partial charge >= 0.3 is 6.18 Å². The first-order valence-electron chi connectivity index (χ1n) is 5.85. The third-order valence-corrected chi connectivity index (χ3v) is 5.39. The van der Waals surface area contributed by atoms with E-state index in [2.05, 4.69) is 0 Å². The van der Waals surface area contributed by atoms with Crippen LogP contribution in [-0.2, 0) is 16.0 Å². The number of nitrogens with zero attached hydrogens (tertiary/aromatic N) is 1. The first-order chi connectivity index (χ1) is 9.51. The average Bonchev–Trinajstić information content (AvgIpc) is 2.33. The van der Waals surface area contributed by atoms with Crippen LogP contribution in [0, 0.1) is 0 Å². The number of alkyl halides is 3. The van der Waals surface area contributed by atoms with Gasteiger partial charge in [-0.3, -0.25) is 4.79 Å². The number of hydrogen-bond acceptors (Lipinski definition) is 3. The van der Waals surface area contributed by atoms with Crippen molar-refractivity contribution < 1.29 is 26.4 Å². The molecular formula is C12H11ClF3NO3S. The summed E-state index contributed by atoms with van der Waals surface area (Å²) in [5.74, 6) is -1.01. The highest BCUT2D eigenvalue weighted by molar-refractivity contribution is 7.92. The van der Waals surface area contributed by atoms with Crippen molar-refractivity contribution in [2.24, 2.45) is 0 Å². The summed E-state index contributed by atoms with van der Waals surface area (Å²) in [5, 5.41) is -0.493. The maximum Gasteiger partial charge on any atom is 0.417 e. The molecule has 0 spiro atoms. The molecule has 0 bridgehead atoms. The van der Waals surface area contributed by atoms with Crippen LogP contribution in [0.25, 0.3) is 0 Å². The monoisotopic (exact) mass is 341 g/mol. The number of sulfone groups is 1. The van der Waals surface area contributed by atoms with Gasteiger partial charge in [0.2, 0.25) is 0 Å². The van der Waals surface area contributed by atoms with Gasteiger partial charge in [-0.1, -0.05) is 11.6 Å². The summed E-state index contributed by atoms with van der Waals surface area (Å²) in [5.41, 5.74) is -1.27. The lowest BCUT2D eigenvalue weighted by Crippen LogP contribution is -2.53. The van der Waals surface area contributed by atoms with Gasteiger partial charge in [0.05, 0.1) is 28.1 Å². The highest BCUT2D eigenvalue weighted by Crippen LogP contribution is 2.35. The van der Waals surface area contributed by atoms with Gasteiger partial charge in [0.1, 0.15) is 0 Å². The molecule has 0 saturated carbocycles. The molecule has 1 saturated heterocycles. The van der Waals surface area contributed by atoms with Gasteiger partial charge < -0.3 is 4.90 Å². The minimum absolute atomic E-state index is 0.172. The highest BCUT2D eigenvalue weighted by atomic mass is 35.5. The number of hydrogen-bond donors (Lipinski definition) is 0. The third-order valence-electron chi connectivity index (χ3n) is 3.28. The Morgan fingerprint density at radius 3 is 2.38 bits per heavy atom. The SMILES string of the molecule is CN(C(=O)c1ccc(Cl)c(C(F)(F)F)c1)C1CS(=O)(=O)C1. The summed E-state index contributed by atoms with van der Waals surface area (Å²) in [6.07, 6.45) is -4.66. The molecule has 0 aliphatic carbocycles. The number of carbonyl (C=O) groups is 1. The summed E-state index contributed by atoms with van der Waals surface area (Å²) in [4.78, 5) is 13.2. The first kappa shape index (κ1) is 16.1. The molecule has 1 aliphatic heterocycles. The van der Waals surface area contributed by atoms with Crippen LogP contribution in [0.15, 0.2) is 18.2 Å². The van der Waals surface area contributed by atoms with Crippen LogP contribution in [0.5, 0.6) is 0 Å². The molecule has 0 aromatic heterocycles. The number of amides is 1. The molecule has 2 rings (SSSR count). The molecule has 1 aliphatic rings. The van der Waals surface area contributed by atoms with Gasteiger partial charge in [0, 0.05) is 12.6 Å². The minimum Gasteiger partial charge on any atom is -0.337 e. The standard InChI is InChI=1S/C12H11ClF3NO3S/c1-17(8-5-21(19,20)6-8)11(18)7-2-3-10(13)9(4-7)12(14,15)16/h2-4,8H,5-6H2,1H3. The lowest BCUT2D eigenvalue weighted by Gasteiger charge is -2.34. The van der Waals surface area contributed by atoms with Crippen LogP contribution < -0.4 is 0 Å². The van der Waals surface area contributed by atoms with E-state index in [0.29, 0.717) is 6.07 Å². The molecule has 0 unspecified atom stereocenters. The van der Waals surface area contributed by atoms with Crippen LogP contribution in [0.4, 0.5) is 13.2 Å². The van der Waals surface area contributed by atoms with E-state index < -0.39 is 38.5 Å². The zero-order valence-electron chi connectivity index (χ0n) is 10.8. The molecule has 1 aromatic rings. The average molecular weight is 342 g/mol. The topological polar surface area (TPSA) is 54.5 Å². The van der Waals surface area contributed by atoms with Gasteiger partial charge in [0.25, 0.3) is 5.91 Å². The lowest BCUT2D eigenvalue weighted by atomic mass is 10.1. The van der Waals surface area contributed by atoms with Crippen LogP contribution >= 0.6 is 11.6 Å². The van der Waals surface area contributed by atoms with Crippen LogP contribution in [0.1, 0.15) is 15.9 Å². The summed E-state index contributed by atoms with van der Waals surface area (Å²) in [7, 11) is -1.76. The van der Waals surface area contributed by atoms with Gasteiger partial charge in [-0.05, 0) is 18.2 Å². The summed E-state index contributed by atoms with van der Waals surface area (Å²) in [6.45, 7) is 0. The van der Waals surface area contributed by atoms with Gasteiger partial charge in [-0.25, -0.2) is 8.42 Å². The van der Waals surface area contributed by atoms with Crippen molar-refractivity contribution in [3.05, 3.63) is 34.3 Å². The summed E-state index contributed by atoms with van der Waals surface area (Å²) in [6, 6.07) is 2.36. The Labute approximate surface area is 124 Å². The Morgan fingerprint density at radius 1 is 1.33 bits per heavy atom. The number of rotatable bonds is 2. The van der Waals surface area contributed by atoms with Crippen molar-refractivity contribution in [2.75, 3.05) is 18.6 Å². The van der Waals surface area contributed by atoms with Gasteiger partial charge in [0.15, 0.2) is 9.84 Å². The van der Waals surface area contributed by atoms with E-state index >= 15 is 0 Å². The Hall–Kier alpha value is -1.28. The highest BCUT2D eigenvalue weighted by Gasteiger charge is 2.39. The van der Waals surface area contributed by atoms with Crippen LogP contribution in [0.2, 0.25) is 5.02 Å². The van der Waals surface area contributed by atoms with Crippen LogP contribution in [0.3, 0.4) is 0 Å². The Morgan fingerprint density at radius 2 is 1.90 bits per heavy atom. The molecule has 116 valence electrons. The van der Waals surface area contributed by atoms with Crippen molar-refractivity contribution in [2.45, 2.75) is 12.2 Å². The zero-order valence-corrected chi connectivity index (χ0v) is 12.4. The van der Waals surface area contributed by atoms with E-state index in [0.717, 1.165) is 11.0 Å². The van der Waals surface area contributed by atoms with E-state index in [4.69, 9.17) is 11.6 Å². The molecule has 4 nitrogen and oxygen atoms in total. The molecule has 1 amide bonds. The predicted octanol–water partition coefficient (Wildman–Crippen LogP) is 2.23. The normalized spacial score (nSPS) is 18.1. The molecule has 21 heavy (non-hydrogen) atoms. The van der Waals surface area contributed by atoms with Gasteiger partial charge in [-0.2, -0.15) is 13.2 Å². The second-order valence-electron chi connectivity index (χ2n) is 4.84. The van der Waals surface area contributed by atoms with Crippen molar-refractivity contribution in [3.63, 3.8) is 0 Å². The maximum atomic E-state index is 12.7. The van der Waals surface area contributed by atoms with Crippen molar-refractivity contribution in [3.8, 4) is 0 Å². The lowest BCUT2D eigenvalue weighted by molar-refractivity contribution is -0.137. The molecule has 9 heteroatoms. The minimum atomic E-state index is -4.66. The fourth-order valence-corrected chi connectivity index (χ4v) is 3.75. The van der Waals surface area contributed by atoms with Crippen molar-refractivity contribution in [1.82, 2.24) is 4.90 Å². The summed E-state index contributed by atoms with van der Waals surface area (Å²) < 4.78 is 60.4. The Kier molecular flexibility index (Phi) is 3.96. The second-order valence-corrected chi connectivity index (χ2v) is 7.40. The smallest absolute Gasteiger partial charge is 0.337 e. The van der Waals surface area contributed by atoms with E-state index in [1.807, 2.05) is 0 Å². The maximum absolute atomic E-state index is 12.7. The Balaban J connectivity index is 2.24. The van der Waals surface area contributed by atoms with Gasteiger partial charge in [-0.15, -0.1) is 0 Å². The Bertz CT molecular complexity index is 675. The van der Waals surface area contributed by atoms with E-state index in [9.17, 15) is 26.4 Å². The molecule has 0 atom stereocenters. The molecule has 1 aromatic carbocycles. The number of benzene rings is 1. The summed E-state index contributed by atoms with van der Waals surface area (Å²) >= 11 is 5.48. The second kappa shape index (κ2) is 5.17. The van der Waals surface area contributed by atoms with Crippen molar-refractivity contribution in [1.29, 1.82) is 0 Å². The molecule has 1 heterocycles. The molecular weight excluding hydrogens is 331 g/mol. The molecule has 0 radical (unpaired) electrons. The fraction of sp³-hybridized carbons (Fsp3) is 0.417. The van der Waals surface area contributed by atoms with Crippen LogP contribution in [-0.4, -0.2) is 43.8 Å². The van der Waals surface area contributed by atoms with Crippen molar-refractivity contribution >= 4 is 27.3 Å². The first-order valence-corrected chi connectivity index (χ1v) is 8.05. The zero-order chi connectivity index (χ0) is 16.0. The predicted molar refractivity (Wildman–Crippen MR) is 71.0 cm³/mol. The van der Waals surface area contributed by atoms with E-state index in [1.165, 1.54) is 13.1 Å². The third kappa shape index (κ3) is 3.32. The largest absolute Gasteiger partial charge is 0.417 e. The molecule has 0 N–H and O–H groups in total. The number of halogens is 4. The number of carbonyl (C=O) groups excluding carboxylic acids is 1. The van der Waals surface area contributed by atoms with E-state index in [-0.39, 0.29) is 17.1 Å². The van der Waals surface area contributed by atoms with E-state index in [1.54, 1.807) is 0 Å². The fourth-order valence-electron chi connectivity index (χ4n) is 2.01. The molecule has 1 fully saturated rings.